The van der Waals surface area contributed by atoms with E-state index in [1.54, 1.807) is 0 Å². The van der Waals surface area contributed by atoms with Crippen molar-refractivity contribution in [2.45, 2.75) is 45.3 Å². The van der Waals surface area contributed by atoms with Crippen molar-refractivity contribution in [1.29, 1.82) is 0 Å². The van der Waals surface area contributed by atoms with Crippen LogP contribution in [0.4, 0.5) is 0 Å². The van der Waals surface area contributed by atoms with E-state index in [4.69, 9.17) is 21.3 Å². The molecule has 0 aliphatic carbocycles. The molecular weight excluding hydrogens is 274 g/mol. The fourth-order valence-corrected chi connectivity index (χ4v) is 3.19. The van der Waals surface area contributed by atoms with Crippen LogP contribution in [-0.4, -0.2) is 33.1 Å². The minimum Gasteiger partial charge on any atom is -0.376 e. The van der Waals surface area contributed by atoms with Gasteiger partial charge in [0.15, 0.2) is 5.65 Å². The van der Waals surface area contributed by atoms with Crippen molar-refractivity contribution in [3.8, 4) is 0 Å². The van der Waals surface area contributed by atoms with E-state index in [1.807, 2.05) is 13.1 Å². The van der Waals surface area contributed by atoms with Gasteiger partial charge in [-0.15, -0.1) is 11.6 Å². The number of imidazole rings is 1. The lowest BCUT2D eigenvalue weighted by Gasteiger charge is -2.31. The summed E-state index contributed by atoms with van der Waals surface area (Å²) >= 11 is 5.95. The number of alkyl halides is 1. The van der Waals surface area contributed by atoms with Crippen molar-refractivity contribution in [1.82, 2.24) is 14.5 Å². The van der Waals surface area contributed by atoms with E-state index in [-0.39, 0.29) is 11.6 Å². The molecule has 1 fully saturated rings. The standard InChI is InChI=1S/C15H20ClN3O/c1-10-8-12-14(17-9-10)19(13(18-12)4-6-16)15(3)5-7-20-11(15)2/h8-9,11H,4-7H2,1-3H3. The zero-order valence-electron chi connectivity index (χ0n) is 12.2. The van der Waals surface area contributed by atoms with Gasteiger partial charge in [-0.1, -0.05) is 0 Å². The van der Waals surface area contributed by atoms with Crippen LogP contribution in [0, 0.1) is 6.92 Å². The van der Waals surface area contributed by atoms with Crippen LogP contribution in [0.25, 0.3) is 11.2 Å². The van der Waals surface area contributed by atoms with Gasteiger partial charge >= 0.3 is 0 Å². The maximum atomic E-state index is 5.95. The molecule has 0 N–H and O–H groups in total. The number of fused-ring (bicyclic) bond motifs is 1. The highest BCUT2D eigenvalue weighted by Crippen LogP contribution is 2.36. The molecule has 2 unspecified atom stereocenters. The monoisotopic (exact) mass is 293 g/mol. The first-order chi connectivity index (χ1) is 9.56. The van der Waals surface area contributed by atoms with Gasteiger partial charge in [0.2, 0.25) is 0 Å². The highest BCUT2D eigenvalue weighted by molar-refractivity contribution is 6.17. The molecule has 0 radical (unpaired) electrons. The Bertz CT molecular complexity index is 639. The van der Waals surface area contributed by atoms with Crippen molar-refractivity contribution < 1.29 is 4.74 Å². The number of nitrogens with zero attached hydrogens (tertiary/aromatic N) is 3. The quantitative estimate of drug-likeness (QED) is 0.817. The zero-order valence-corrected chi connectivity index (χ0v) is 12.9. The van der Waals surface area contributed by atoms with Gasteiger partial charge in [-0.05, 0) is 38.8 Å². The third-order valence-electron chi connectivity index (χ3n) is 4.38. The molecule has 3 rings (SSSR count). The summed E-state index contributed by atoms with van der Waals surface area (Å²) in [6.07, 6.45) is 3.77. The van der Waals surface area contributed by atoms with Crippen LogP contribution >= 0.6 is 11.6 Å². The zero-order chi connectivity index (χ0) is 14.3. The Morgan fingerprint density at radius 2 is 2.35 bits per heavy atom. The summed E-state index contributed by atoms with van der Waals surface area (Å²) in [6.45, 7) is 7.17. The van der Waals surface area contributed by atoms with Gasteiger partial charge in [-0.3, -0.25) is 0 Å². The molecule has 5 heteroatoms. The molecule has 2 atom stereocenters. The third kappa shape index (κ3) is 2.02. The Morgan fingerprint density at radius 1 is 1.55 bits per heavy atom. The summed E-state index contributed by atoms with van der Waals surface area (Å²) in [5.74, 6) is 1.57. The molecular formula is C15H20ClN3O. The number of hydrogen-bond donors (Lipinski definition) is 0. The summed E-state index contributed by atoms with van der Waals surface area (Å²) in [7, 11) is 0. The van der Waals surface area contributed by atoms with Crippen LogP contribution in [0.15, 0.2) is 12.3 Å². The van der Waals surface area contributed by atoms with E-state index in [0.717, 1.165) is 42.0 Å². The van der Waals surface area contributed by atoms with E-state index in [9.17, 15) is 0 Å². The van der Waals surface area contributed by atoms with Crippen LogP contribution in [-0.2, 0) is 16.7 Å². The van der Waals surface area contributed by atoms with Crippen molar-refractivity contribution in [2.24, 2.45) is 0 Å². The van der Waals surface area contributed by atoms with E-state index in [1.165, 1.54) is 0 Å². The topological polar surface area (TPSA) is 39.9 Å². The smallest absolute Gasteiger partial charge is 0.160 e. The molecule has 1 aliphatic heterocycles. The molecule has 0 aromatic carbocycles. The van der Waals surface area contributed by atoms with E-state index < -0.39 is 0 Å². The predicted molar refractivity (Wildman–Crippen MR) is 80.4 cm³/mol. The second-order valence-electron chi connectivity index (χ2n) is 5.78. The van der Waals surface area contributed by atoms with Crippen LogP contribution in [0.1, 0.15) is 31.7 Å². The molecule has 0 spiro atoms. The fourth-order valence-electron chi connectivity index (χ4n) is 3.02. The van der Waals surface area contributed by atoms with Crippen LogP contribution in [0.2, 0.25) is 0 Å². The molecule has 0 saturated carbocycles. The van der Waals surface area contributed by atoms with Crippen molar-refractivity contribution in [2.75, 3.05) is 12.5 Å². The number of rotatable bonds is 3. The van der Waals surface area contributed by atoms with E-state index in [2.05, 4.69) is 29.5 Å². The molecule has 4 nitrogen and oxygen atoms in total. The minimum atomic E-state index is -0.0988. The first-order valence-electron chi connectivity index (χ1n) is 7.08. The van der Waals surface area contributed by atoms with Gasteiger partial charge in [0.1, 0.15) is 11.3 Å². The molecule has 1 saturated heterocycles. The summed E-state index contributed by atoms with van der Waals surface area (Å²) < 4.78 is 8.04. The van der Waals surface area contributed by atoms with Gasteiger partial charge in [-0.2, -0.15) is 0 Å². The lowest BCUT2D eigenvalue weighted by Crippen LogP contribution is -2.38. The molecule has 2 aromatic rings. The van der Waals surface area contributed by atoms with Crippen molar-refractivity contribution in [3.63, 3.8) is 0 Å². The molecule has 0 bridgehead atoms. The molecule has 3 heterocycles. The largest absolute Gasteiger partial charge is 0.376 e. The van der Waals surface area contributed by atoms with Crippen LogP contribution in [0.3, 0.4) is 0 Å². The first kappa shape index (κ1) is 13.8. The minimum absolute atomic E-state index is 0.0988. The highest BCUT2D eigenvalue weighted by Gasteiger charge is 2.41. The van der Waals surface area contributed by atoms with Gasteiger partial charge in [0.25, 0.3) is 0 Å². The lowest BCUT2D eigenvalue weighted by molar-refractivity contribution is 0.0762. The Kier molecular flexibility index (Phi) is 3.46. The number of ether oxygens (including phenoxy) is 1. The van der Waals surface area contributed by atoms with E-state index >= 15 is 0 Å². The van der Waals surface area contributed by atoms with Gasteiger partial charge in [-0.25, -0.2) is 9.97 Å². The molecule has 108 valence electrons. The highest BCUT2D eigenvalue weighted by atomic mass is 35.5. The predicted octanol–water partition coefficient (Wildman–Crippen LogP) is 3.05. The fraction of sp³-hybridized carbons (Fsp3) is 0.600. The SMILES string of the molecule is Cc1cnc2c(c1)nc(CCCl)n2C1(C)CCOC1C. The number of aromatic nitrogens is 3. The number of aryl methyl sites for hydroxylation is 2. The average Bonchev–Trinajstić information content (AvgIpc) is 2.91. The van der Waals surface area contributed by atoms with Crippen LogP contribution in [0.5, 0.6) is 0 Å². The summed E-state index contributed by atoms with van der Waals surface area (Å²) in [5.41, 5.74) is 2.92. The second-order valence-corrected chi connectivity index (χ2v) is 6.16. The molecule has 20 heavy (non-hydrogen) atoms. The Hall–Kier alpha value is -1.13. The molecule has 1 aliphatic rings. The second kappa shape index (κ2) is 5.01. The Labute approximate surface area is 124 Å². The first-order valence-corrected chi connectivity index (χ1v) is 7.62. The number of pyridine rings is 1. The Balaban J connectivity index is 2.23. The molecule has 0 amide bonds. The van der Waals surface area contributed by atoms with Gasteiger partial charge in [0.05, 0.1) is 11.6 Å². The lowest BCUT2D eigenvalue weighted by atomic mass is 9.94. The van der Waals surface area contributed by atoms with Gasteiger partial charge in [0, 0.05) is 25.1 Å². The normalized spacial score (nSPS) is 26.5. The summed E-state index contributed by atoms with van der Waals surface area (Å²) in [6, 6.07) is 2.08. The van der Waals surface area contributed by atoms with Gasteiger partial charge < -0.3 is 9.30 Å². The summed E-state index contributed by atoms with van der Waals surface area (Å²) in [5, 5.41) is 0. The number of hydrogen-bond acceptors (Lipinski definition) is 3. The third-order valence-corrected chi connectivity index (χ3v) is 4.57. The molecule has 2 aromatic heterocycles. The maximum absolute atomic E-state index is 5.95. The number of halogens is 1. The van der Waals surface area contributed by atoms with Crippen LogP contribution < -0.4 is 0 Å². The average molecular weight is 294 g/mol. The van der Waals surface area contributed by atoms with Crippen molar-refractivity contribution in [3.05, 3.63) is 23.7 Å². The van der Waals surface area contributed by atoms with E-state index in [0.29, 0.717) is 5.88 Å². The van der Waals surface area contributed by atoms with Crippen molar-refractivity contribution >= 4 is 22.8 Å². The summed E-state index contributed by atoms with van der Waals surface area (Å²) in [4.78, 5) is 9.36. The maximum Gasteiger partial charge on any atom is 0.160 e. The Morgan fingerprint density at radius 3 is 3.00 bits per heavy atom.